The molecule has 0 spiro atoms. The summed E-state index contributed by atoms with van der Waals surface area (Å²) in [5.74, 6) is 0.657. The van der Waals surface area contributed by atoms with E-state index < -0.39 is 0 Å². The van der Waals surface area contributed by atoms with Crippen LogP contribution in [-0.4, -0.2) is 29.1 Å². The van der Waals surface area contributed by atoms with Crippen LogP contribution in [0.4, 0.5) is 10.5 Å². The first-order valence-corrected chi connectivity index (χ1v) is 7.38. The summed E-state index contributed by atoms with van der Waals surface area (Å²) in [5, 5.41) is 2.94. The van der Waals surface area contributed by atoms with Crippen LogP contribution in [0.3, 0.4) is 0 Å². The predicted molar refractivity (Wildman–Crippen MR) is 84.8 cm³/mol. The molecule has 22 heavy (non-hydrogen) atoms. The lowest BCUT2D eigenvalue weighted by Gasteiger charge is -2.23. The molecule has 0 atom stereocenters. The van der Waals surface area contributed by atoms with Crippen molar-refractivity contribution in [3.05, 3.63) is 54.4 Å². The highest BCUT2D eigenvalue weighted by Crippen LogP contribution is 2.30. The van der Waals surface area contributed by atoms with Gasteiger partial charge in [-0.05, 0) is 37.1 Å². The summed E-state index contributed by atoms with van der Waals surface area (Å²) < 4.78 is 5.27. The molecule has 0 radical (unpaired) electrons. The van der Waals surface area contributed by atoms with E-state index in [0.29, 0.717) is 24.0 Å². The number of anilines is 1. The molecule has 1 aliphatic carbocycles. The molecule has 1 saturated carbocycles. The fourth-order valence-corrected chi connectivity index (χ4v) is 2.35. The Labute approximate surface area is 129 Å². The summed E-state index contributed by atoms with van der Waals surface area (Å²) in [6.45, 7) is 0.520. The van der Waals surface area contributed by atoms with Gasteiger partial charge in [0.05, 0.1) is 25.0 Å². The highest BCUT2D eigenvalue weighted by molar-refractivity contribution is 5.91. The monoisotopic (exact) mass is 297 g/mol. The summed E-state index contributed by atoms with van der Waals surface area (Å²) in [6.07, 6.45) is 3.84. The van der Waals surface area contributed by atoms with Crippen LogP contribution < -0.4 is 10.1 Å². The van der Waals surface area contributed by atoms with Gasteiger partial charge in [0.15, 0.2) is 0 Å². The predicted octanol–water partition coefficient (Wildman–Crippen LogP) is 3.29. The zero-order valence-corrected chi connectivity index (χ0v) is 12.5. The third-order valence-electron chi connectivity index (χ3n) is 3.66. The van der Waals surface area contributed by atoms with E-state index in [2.05, 4.69) is 10.3 Å². The maximum Gasteiger partial charge on any atom is 0.322 e. The Morgan fingerprint density at radius 1 is 1.27 bits per heavy atom. The number of carbonyl (C=O) groups is 1. The average molecular weight is 297 g/mol. The second-order valence-electron chi connectivity index (χ2n) is 5.31. The van der Waals surface area contributed by atoms with Gasteiger partial charge in [-0.1, -0.05) is 18.2 Å². The summed E-state index contributed by atoms with van der Waals surface area (Å²) in [4.78, 5) is 18.7. The van der Waals surface area contributed by atoms with E-state index in [9.17, 15) is 4.79 Å². The Kier molecular flexibility index (Phi) is 4.23. The topological polar surface area (TPSA) is 54.5 Å². The minimum Gasteiger partial charge on any atom is -0.495 e. The molecule has 1 aromatic heterocycles. The number of hydrogen-bond donors (Lipinski definition) is 1. The second-order valence-corrected chi connectivity index (χ2v) is 5.31. The molecule has 114 valence electrons. The van der Waals surface area contributed by atoms with Crippen molar-refractivity contribution in [2.45, 2.75) is 25.4 Å². The highest BCUT2D eigenvalue weighted by Gasteiger charge is 2.33. The molecule has 5 heteroatoms. The number of pyridine rings is 1. The molecule has 0 bridgehead atoms. The van der Waals surface area contributed by atoms with Gasteiger partial charge in [-0.2, -0.15) is 0 Å². The van der Waals surface area contributed by atoms with E-state index in [4.69, 9.17) is 4.74 Å². The van der Waals surface area contributed by atoms with Crippen LogP contribution >= 0.6 is 0 Å². The zero-order valence-electron chi connectivity index (χ0n) is 12.5. The van der Waals surface area contributed by atoms with Crippen molar-refractivity contribution in [2.75, 3.05) is 12.4 Å². The molecule has 0 saturated heterocycles. The maximum absolute atomic E-state index is 12.6. The Balaban J connectivity index is 1.73. The van der Waals surface area contributed by atoms with Crippen molar-refractivity contribution in [1.82, 2.24) is 9.88 Å². The molecule has 0 unspecified atom stereocenters. The molecule has 1 aliphatic rings. The van der Waals surface area contributed by atoms with Crippen LogP contribution in [0.1, 0.15) is 18.5 Å². The lowest BCUT2D eigenvalue weighted by Crippen LogP contribution is -2.36. The standard InChI is InChI=1S/C17H19N3O2/c1-22-16-8-3-2-7-15(16)19-17(21)20(14-9-10-14)12-13-6-4-5-11-18-13/h2-8,11,14H,9-10,12H2,1H3,(H,19,21). The first kappa shape index (κ1) is 14.4. The van der Waals surface area contributed by atoms with Gasteiger partial charge in [-0.3, -0.25) is 4.98 Å². The summed E-state index contributed by atoms with van der Waals surface area (Å²) in [7, 11) is 1.59. The molecule has 2 amide bonds. The van der Waals surface area contributed by atoms with Gasteiger partial charge in [0.1, 0.15) is 5.75 Å². The number of methoxy groups -OCH3 is 1. The van der Waals surface area contributed by atoms with E-state index in [1.807, 2.05) is 47.4 Å². The number of benzene rings is 1. The molecule has 1 fully saturated rings. The molecule has 2 aromatic rings. The number of nitrogens with one attached hydrogen (secondary N) is 1. The maximum atomic E-state index is 12.6. The first-order valence-electron chi connectivity index (χ1n) is 7.38. The number of ether oxygens (including phenoxy) is 1. The van der Waals surface area contributed by atoms with Crippen molar-refractivity contribution < 1.29 is 9.53 Å². The molecule has 5 nitrogen and oxygen atoms in total. The molecule has 1 aromatic carbocycles. The van der Waals surface area contributed by atoms with Crippen molar-refractivity contribution >= 4 is 11.7 Å². The van der Waals surface area contributed by atoms with Crippen LogP contribution in [0.25, 0.3) is 0 Å². The van der Waals surface area contributed by atoms with Gasteiger partial charge in [0.25, 0.3) is 0 Å². The fourth-order valence-electron chi connectivity index (χ4n) is 2.35. The first-order chi connectivity index (χ1) is 10.8. The second kappa shape index (κ2) is 6.47. The third kappa shape index (κ3) is 3.36. The van der Waals surface area contributed by atoms with Crippen molar-refractivity contribution in [3.63, 3.8) is 0 Å². The van der Waals surface area contributed by atoms with Crippen LogP contribution in [0, 0.1) is 0 Å². The summed E-state index contributed by atoms with van der Waals surface area (Å²) in [5.41, 5.74) is 1.58. The van der Waals surface area contributed by atoms with Gasteiger partial charge in [-0.15, -0.1) is 0 Å². The van der Waals surface area contributed by atoms with Crippen molar-refractivity contribution in [3.8, 4) is 5.75 Å². The highest BCUT2D eigenvalue weighted by atomic mass is 16.5. The molecule has 1 heterocycles. The van der Waals surface area contributed by atoms with Crippen molar-refractivity contribution in [1.29, 1.82) is 0 Å². The van der Waals surface area contributed by atoms with E-state index in [0.717, 1.165) is 18.5 Å². The zero-order chi connectivity index (χ0) is 15.4. The normalized spacial score (nSPS) is 13.5. The van der Waals surface area contributed by atoms with Gasteiger partial charge in [0, 0.05) is 12.2 Å². The van der Waals surface area contributed by atoms with Gasteiger partial charge < -0.3 is 15.0 Å². The van der Waals surface area contributed by atoms with Crippen molar-refractivity contribution in [2.24, 2.45) is 0 Å². The minimum absolute atomic E-state index is 0.113. The van der Waals surface area contributed by atoms with Gasteiger partial charge in [-0.25, -0.2) is 4.79 Å². The molecule has 0 aliphatic heterocycles. The number of carbonyl (C=O) groups excluding carboxylic acids is 1. The molecule has 3 rings (SSSR count). The SMILES string of the molecule is COc1ccccc1NC(=O)N(Cc1ccccn1)C1CC1. The average Bonchev–Trinajstić information content (AvgIpc) is 3.39. The van der Waals surface area contributed by atoms with Gasteiger partial charge in [0.2, 0.25) is 0 Å². The van der Waals surface area contributed by atoms with E-state index in [1.165, 1.54) is 0 Å². The number of urea groups is 1. The number of para-hydroxylation sites is 2. The minimum atomic E-state index is -0.113. The Morgan fingerprint density at radius 2 is 2.05 bits per heavy atom. The fraction of sp³-hybridized carbons (Fsp3) is 0.294. The number of nitrogens with zero attached hydrogens (tertiary/aromatic N) is 2. The lowest BCUT2D eigenvalue weighted by atomic mass is 10.3. The van der Waals surface area contributed by atoms with E-state index in [-0.39, 0.29) is 6.03 Å². The largest absolute Gasteiger partial charge is 0.495 e. The van der Waals surface area contributed by atoms with Crippen LogP contribution in [0.15, 0.2) is 48.7 Å². The van der Waals surface area contributed by atoms with Crippen LogP contribution in [0.2, 0.25) is 0 Å². The quantitative estimate of drug-likeness (QED) is 0.921. The van der Waals surface area contributed by atoms with Crippen LogP contribution in [-0.2, 0) is 6.54 Å². The number of hydrogen-bond acceptors (Lipinski definition) is 3. The summed E-state index contributed by atoms with van der Waals surface area (Å²) >= 11 is 0. The van der Waals surface area contributed by atoms with Crippen LogP contribution in [0.5, 0.6) is 5.75 Å². The van der Waals surface area contributed by atoms with E-state index in [1.54, 1.807) is 13.3 Å². The van der Waals surface area contributed by atoms with Gasteiger partial charge >= 0.3 is 6.03 Å². The smallest absolute Gasteiger partial charge is 0.322 e. The number of aromatic nitrogens is 1. The number of rotatable bonds is 5. The summed E-state index contributed by atoms with van der Waals surface area (Å²) in [6, 6.07) is 13.4. The lowest BCUT2D eigenvalue weighted by molar-refractivity contribution is 0.205. The van der Waals surface area contributed by atoms with E-state index >= 15 is 0 Å². The Morgan fingerprint density at radius 3 is 2.73 bits per heavy atom. The Hall–Kier alpha value is -2.56. The molecule has 1 N–H and O–H groups in total. The molecular weight excluding hydrogens is 278 g/mol. The third-order valence-corrected chi connectivity index (χ3v) is 3.66. The number of amides is 2. The Bertz CT molecular complexity index is 641. The molecular formula is C17H19N3O2.